The summed E-state index contributed by atoms with van der Waals surface area (Å²) in [5.74, 6) is -0.178. The molecule has 1 atom stereocenters. The van der Waals surface area contributed by atoms with E-state index in [2.05, 4.69) is 5.32 Å². The maximum absolute atomic E-state index is 13.3. The van der Waals surface area contributed by atoms with E-state index in [0.717, 1.165) is 13.0 Å². The van der Waals surface area contributed by atoms with Gasteiger partial charge in [0.15, 0.2) is 0 Å². The van der Waals surface area contributed by atoms with E-state index in [1.165, 1.54) is 25.3 Å². The summed E-state index contributed by atoms with van der Waals surface area (Å²) in [6, 6.07) is 7.37. The minimum atomic E-state index is -0.178. The number of halogens is 1. The fourth-order valence-electron chi connectivity index (χ4n) is 2.19. The quantitative estimate of drug-likeness (QED) is 0.795. The van der Waals surface area contributed by atoms with Crippen LogP contribution in [0.5, 0.6) is 0 Å². The molecule has 0 radical (unpaired) electrons. The Morgan fingerprint density at radius 1 is 1.29 bits per heavy atom. The molecule has 0 amide bonds. The molecule has 2 nitrogen and oxygen atoms in total. The van der Waals surface area contributed by atoms with Crippen LogP contribution in [0, 0.1) is 5.82 Å². The Morgan fingerprint density at radius 3 is 2.94 bits per heavy atom. The van der Waals surface area contributed by atoms with Crippen molar-refractivity contribution in [3.05, 3.63) is 35.6 Å². The van der Waals surface area contributed by atoms with Crippen LogP contribution in [0.4, 0.5) is 4.39 Å². The molecule has 94 valence electrons. The second kappa shape index (κ2) is 6.72. The third kappa shape index (κ3) is 4.10. The molecule has 2 rings (SSSR count). The summed E-state index contributed by atoms with van der Waals surface area (Å²) < 4.78 is 18.8. The molecule has 1 aliphatic heterocycles. The Hall–Kier alpha value is -0.930. The summed E-state index contributed by atoms with van der Waals surface area (Å²) in [4.78, 5) is 0. The van der Waals surface area contributed by atoms with E-state index in [1.54, 1.807) is 12.1 Å². The Balaban J connectivity index is 1.64. The zero-order valence-corrected chi connectivity index (χ0v) is 10.1. The number of hydrogen-bond acceptors (Lipinski definition) is 2. The minimum Gasteiger partial charge on any atom is -0.377 e. The van der Waals surface area contributed by atoms with E-state index in [4.69, 9.17) is 4.74 Å². The first kappa shape index (κ1) is 12.5. The molecule has 1 fully saturated rings. The summed E-state index contributed by atoms with van der Waals surface area (Å²) in [7, 11) is 0. The van der Waals surface area contributed by atoms with E-state index in [-0.39, 0.29) is 5.82 Å². The lowest BCUT2D eigenvalue weighted by molar-refractivity contribution is 0.106. The monoisotopic (exact) mass is 237 g/mol. The van der Waals surface area contributed by atoms with Crippen LogP contribution in [-0.2, 0) is 11.3 Å². The van der Waals surface area contributed by atoms with Gasteiger partial charge in [0.05, 0.1) is 6.61 Å². The molecule has 0 spiro atoms. The van der Waals surface area contributed by atoms with Crippen molar-refractivity contribution in [2.45, 2.75) is 38.3 Å². The lowest BCUT2D eigenvalue weighted by Gasteiger charge is -2.23. The Labute approximate surface area is 102 Å². The van der Waals surface area contributed by atoms with Crippen molar-refractivity contribution in [1.82, 2.24) is 5.32 Å². The first-order chi connectivity index (χ1) is 8.36. The molecule has 1 heterocycles. The number of nitrogens with one attached hydrogen (secondary N) is 1. The summed E-state index contributed by atoms with van der Waals surface area (Å²) in [5.41, 5.74) is 0.643. The van der Waals surface area contributed by atoms with E-state index in [9.17, 15) is 4.39 Å². The third-order valence-corrected chi connectivity index (χ3v) is 3.24. The number of ether oxygens (including phenoxy) is 1. The average molecular weight is 237 g/mol. The maximum atomic E-state index is 13.3. The summed E-state index contributed by atoms with van der Waals surface area (Å²) >= 11 is 0. The summed E-state index contributed by atoms with van der Waals surface area (Å²) in [6.45, 7) is 2.20. The maximum Gasteiger partial charge on any atom is 0.128 e. The molecule has 1 saturated heterocycles. The van der Waals surface area contributed by atoms with Crippen LogP contribution in [0.25, 0.3) is 0 Å². The second-order valence-electron chi connectivity index (χ2n) is 4.58. The zero-order chi connectivity index (χ0) is 11.9. The van der Waals surface area contributed by atoms with E-state index >= 15 is 0 Å². The number of hydrogen-bond donors (Lipinski definition) is 1. The van der Waals surface area contributed by atoms with Crippen molar-refractivity contribution in [3.8, 4) is 0 Å². The fraction of sp³-hybridized carbons (Fsp3) is 0.571. The molecule has 3 heteroatoms. The van der Waals surface area contributed by atoms with Gasteiger partial charge in [0.1, 0.15) is 5.82 Å². The predicted molar refractivity (Wildman–Crippen MR) is 66.3 cm³/mol. The van der Waals surface area contributed by atoms with Crippen LogP contribution in [0.2, 0.25) is 0 Å². The van der Waals surface area contributed by atoms with Gasteiger partial charge in [-0.2, -0.15) is 0 Å². The lowest BCUT2D eigenvalue weighted by atomic mass is 10.0. The molecule has 0 aromatic heterocycles. The van der Waals surface area contributed by atoms with Crippen molar-refractivity contribution >= 4 is 0 Å². The minimum absolute atomic E-state index is 0.178. The highest BCUT2D eigenvalue weighted by Gasteiger charge is 2.11. The van der Waals surface area contributed by atoms with Crippen molar-refractivity contribution in [2.24, 2.45) is 0 Å². The fourth-order valence-corrected chi connectivity index (χ4v) is 2.19. The van der Waals surface area contributed by atoms with Gasteiger partial charge >= 0.3 is 0 Å². The van der Waals surface area contributed by atoms with Crippen LogP contribution >= 0.6 is 0 Å². The Morgan fingerprint density at radius 2 is 2.18 bits per heavy atom. The second-order valence-corrected chi connectivity index (χ2v) is 4.58. The van der Waals surface area contributed by atoms with Crippen molar-refractivity contribution in [3.63, 3.8) is 0 Å². The molecule has 1 aromatic rings. The van der Waals surface area contributed by atoms with Gasteiger partial charge in [-0.25, -0.2) is 4.39 Å². The Bertz CT molecular complexity index is 337. The SMILES string of the molecule is Fc1ccccc1COCC[C@@H]1CCCCN1. The molecule has 0 aliphatic carbocycles. The lowest BCUT2D eigenvalue weighted by Crippen LogP contribution is -2.34. The van der Waals surface area contributed by atoms with Gasteiger partial charge in [-0.05, 0) is 31.9 Å². The molecule has 1 aromatic carbocycles. The van der Waals surface area contributed by atoms with E-state index in [1.807, 2.05) is 6.07 Å². The van der Waals surface area contributed by atoms with Crippen LogP contribution in [-0.4, -0.2) is 19.2 Å². The molecule has 1 N–H and O–H groups in total. The predicted octanol–water partition coefficient (Wildman–Crippen LogP) is 2.87. The van der Waals surface area contributed by atoms with E-state index < -0.39 is 0 Å². The highest BCUT2D eigenvalue weighted by molar-refractivity contribution is 5.16. The topological polar surface area (TPSA) is 21.3 Å². The van der Waals surface area contributed by atoms with Crippen molar-refractivity contribution in [2.75, 3.05) is 13.2 Å². The molecular formula is C14H20FNO. The standard InChI is InChI=1S/C14H20FNO/c15-14-7-2-1-5-12(14)11-17-10-8-13-6-3-4-9-16-13/h1-2,5,7,13,16H,3-4,6,8-11H2/t13-/m0/s1. The van der Waals surface area contributed by atoms with Gasteiger partial charge in [-0.15, -0.1) is 0 Å². The summed E-state index contributed by atoms with van der Waals surface area (Å²) in [6.07, 6.45) is 4.86. The van der Waals surface area contributed by atoms with Crippen LogP contribution in [0.1, 0.15) is 31.2 Å². The van der Waals surface area contributed by atoms with Crippen molar-refractivity contribution < 1.29 is 9.13 Å². The number of rotatable bonds is 5. The number of benzene rings is 1. The smallest absolute Gasteiger partial charge is 0.128 e. The molecular weight excluding hydrogens is 217 g/mol. The zero-order valence-electron chi connectivity index (χ0n) is 10.1. The van der Waals surface area contributed by atoms with Gasteiger partial charge in [0, 0.05) is 18.2 Å². The Kier molecular flexibility index (Phi) is 4.95. The van der Waals surface area contributed by atoms with Gasteiger partial charge in [0.2, 0.25) is 0 Å². The highest BCUT2D eigenvalue weighted by Crippen LogP contribution is 2.11. The average Bonchev–Trinajstić information content (AvgIpc) is 2.38. The van der Waals surface area contributed by atoms with Gasteiger partial charge in [0.25, 0.3) is 0 Å². The normalized spacial score (nSPS) is 20.4. The largest absolute Gasteiger partial charge is 0.377 e. The first-order valence-corrected chi connectivity index (χ1v) is 6.41. The van der Waals surface area contributed by atoms with Gasteiger partial charge in [-0.3, -0.25) is 0 Å². The van der Waals surface area contributed by atoms with Crippen LogP contribution < -0.4 is 5.32 Å². The molecule has 0 bridgehead atoms. The number of piperidine rings is 1. The molecule has 0 saturated carbocycles. The summed E-state index contributed by atoms with van der Waals surface area (Å²) in [5, 5.41) is 3.48. The van der Waals surface area contributed by atoms with Gasteiger partial charge in [-0.1, -0.05) is 24.6 Å². The molecule has 0 unspecified atom stereocenters. The molecule has 17 heavy (non-hydrogen) atoms. The third-order valence-electron chi connectivity index (χ3n) is 3.24. The first-order valence-electron chi connectivity index (χ1n) is 6.41. The highest BCUT2D eigenvalue weighted by atomic mass is 19.1. The van der Waals surface area contributed by atoms with E-state index in [0.29, 0.717) is 24.8 Å². The molecule has 1 aliphatic rings. The van der Waals surface area contributed by atoms with Crippen molar-refractivity contribution in [1.29, 1.82) is 0 Å². The van der Waals surface area contributed by atoms with Gasteiger partial charge < -0.3 is 10.1 Å². The van der Waals surface area contributed by atoms with Crippen LogP contribution in [0.15, 0.2) is 24.3 Å². The van der Waals surface area contributed by atoms with Crippen LogP contribution in [0.3, 0.4) is 0 Å².